The summed E-state index contributed by atoms with van der Waals surface area (Å²) in [7, 11) is 1.62. The van der Waals surface area contributed by atoms with Crippen LogP contribution in [0.2, 0.25) is 0 Å². The summed E-state index contributed by atoms with van der Waals surface area (Å²) in [6.07, 6.45) is 1.83. The second-order valence-corrected chi connectivity index (χ2v) is 6.04. The predicted molar refractivity (Wildman–Crippen MR) is 80.3 cm³/mol. The summed E-state index contributed by atoms with van der Waals surface area (Å²) in [5.41, 5.74) is 0.778. The van der Waals surface area contributed by atoms with Crippen LogP contribution in [0.3, 0.4) is 0 Å². The molecular weight excluding hydrogens is 268 g/mol. The summed E-state index contributed by atoms with van der Waals surface area (Å²) in [5.74, 6) is 1.69. The molecule has 2 fully saturated rings. The number of hydrogen-bond acceptors (Lipinski definition) is 4. The SMILES string of the molecule is COc1ccc(NC(=O)CN2CC3CCC(O)C3C2)cc1. The van der Waals surface area contributed by atoms with Gasteiger partial charge < -0.3 is 15.2 Å². The Morgan fingerprint density at radius 2 is 2.10 bits per heavy atom. The van der Waals surface area contributed by atoms with Crippen LogP contribution in [-0.2, 0) is 4.79 Å². The van der Waals surface area contributed by atoms with Crippen LogP contribution in [0.1, 0.15) is 12.8 Å². The van der Waals surface area contributed by atoms with Crippen molar-refractivity contribution in [2.24, 2.45) is 11.8 Å². The normalized spacial score (nSPS) is 28.4. The molecule has 5 nitrogen and oxygen atoms in total. The molecule has 1 aromatic rings. The fraction of sp³-hybridized carbons (Fsp3) is 0.562. The molecule has 21 heavy (non-hydrogen) atoms. The smallest absolute Gasteiger partial charge is 0.238 e. The van der Waals surface area contributed by atoms with Crippen LogP contribution in [0.4, 0.5) is 5.69 Å². The monoisotopic (exact) mass is 290 g/mol. The Hall–Kier alpha value is -1.59. The molecule has 0 spiro atoms. The zero-order chi connectivity index (χ0) is 14.8. The van der Waals surface area contributed by atoms with Gasteiger partial charge in [0.25, 0.3) is 0 Å². The van der Waals surface area contributed by atoms with Crippen LogP contribution in [0.5, 0.6) is 5.75 Å². The summed E-state index contributed by atoms with van der Waals surface area (Å²) in [5, 5.41) is 12.8. The topological polar surface area (TPSA) is 61.8 Å². The summed E-state index contributed by atoms with van der Waals surface area (Å²) in [6.45, 7) is 2.16. The van der Waals surface area contributed by atoms with Gasteiger partial charge >= 0.3 is 0 Å². The van der Waals surface area contributed by atoms with Crippen molar-refractivity contribution < 1.29 is 14.6 Å². The minimum absolute atomic E-state index is 0.00497. The molecule has 114 valence electrons. The summed E-state index contributed by atoms with van der Waals surface area (Å²) >= 11 is 0. The number of carbonyl (C=O) groups excluding carboxylic acids is 1. The Kier molecular flexibility index (Phi) is 4.12. The number of nitrogens with one attached hydrogen (secondary N) is 1. The second kappa shape index (κ2) is 6.03. The number of benzene rings is 1. The molecule has 1 aliphatic heterocycles. The number of methoxy groups -OCH3 is 1. The van der Waals surface area contributed by atoms with Gasteiger partial charge in [-0.15, -0.1) is 0 Å². The fourth-order valence-corrected chi connectivity index (χ4v) is 3.54. The molecule has 1 amide bonds. The first-order chi connectivity index (χ1) is 10.2. The van der Waals surface area contributed by atoms with Crippen molar-refractivity contribution in [1.29, 1.82) is 0 Å². The van der Waals surface area contributed by atoms with E-state index >= 15 is 0 Å². The standard InChI is InChI=1S/C16H22N2O3/c1-21-13-5-3-12(4-6-13)17-16(20)10-18-8-11-2-7-15(19)14(11)9-18/h3-6,11,14-15,19H,2,7-10H2,1H3,(H,17,20). The average Bonchev–Trinajstić information content (AvgIpc) is 3.02. The third kappa shape index (κ3) is 3.19. The molecule has 5 heteroatoms. The number of fused-ring (bicyclic) bond motifs is 1. The number of ether oxygens (including phenoxy) is 1. The van der Waals surface area contributed by atoms with Crippen molar-refractivity contribution in [1.82, 2.24) is 4.90 Å². The van der Waals surface area contributed by atoms with Crippen LogP contribution >= 0.6 is 0 Å². The number of rotatable bonds is 4. The summed E-state index contributed by atoms with van der Waals surface area (Å²) in [4.78, 5) is 14.2. The highest BCUT2D eigenvalue weighted by atomic mass is 16.5. The van der Waals surface area contributed by atoms with E-state index in [0.717, 1.165) is 37.4 Å². The van der Waals surface area contributed by atoms with E-state index in [1.807, 2.05) is 24.3 Å². The Bertz CT molecular complexity index is 503. The van der Waals surface area contributed by atoms with E-state index in [4.69, 9.17) is 4.74 Å². The lowest BCUT2D eigenvalue weighted by Gasteiger charge is -2.17. The minimum Gasteiger partial charge on any atom is -0.497 e. The number of aliphatic hydroxyl groups is 1. The number of amides is 1. The third-order valence-corrected chi connectivity index (χ3v) is 4.64. The maximum absolute atomic E-state index is 12.1. The van der Waals surface area contributed by atoms with Crippen molar-refractivity contribution in [2.75, 3.05) is 32.1 Å². The van der Waals surface area contributed by atoms with Crippen molar-refractivity contribution in [3.63, 3.8) is 0 Å². The van der Waals surface area contributed by atoms with Gasteiger partial charge in [0.15, 0.2) is 0 Å². The van der Waals surface area contributed by atoms with Gasteiger partial charge in [0.05, 0.1) is 19.8 Å². The zero-order valence-electron chi connectivity index (χ0n) is 12.3. The molecular formula is C16H22N2O3. The van der Waals surface area contributed by atoms with E-state index in [1.165, 1.54) is 0 Å². The van der Waals surface area contributed by atoms with Crippen LogP contribution in [-0.4, -0.2) is 48.8 Å². The molecule has 0 bridgehead atoms. The van der Waals surface area contributed by atoms with E-state index in [0.29, 0.717) is 18.4 Å². The van der Waals surface area contributed by atoms with Gasteiger partial charge in [-0.1, -0.05) is 0 Å². The van der Waals surface area contributed by atoms with Gasteiger partial charge in [-0.3, -0.25) is 9.69 Å². The number of hydrogen-bond donors (Lipinski definition) is 2. The number of likely N-dealkylation sites (tertiary alicyclic amines) is 1. The molecule has 2 aliphatic rings. The van der Waals surface area contributed by atoms with E-state index in [-0.39, 0.29) is 12.0 Å². The van der Waals surface area contributed by atoms with Gasteiger partial charge in [0, 0.05) is 24.7 Å². The number of aliphatic hydroxyl groups excluding tert-OH is 1. The maximum atomic E-state index is 12.1. The lowest BCUT2D eigenvalue weighted by atomic mass is 10.00. The Morgan fingerprint density at radius 1 is 1.33 bits per heavy atom. The first-order valence-electron chi connectivity index (χ1n) is 7.50. The predicted octanol–water partition coefficient (Wildman–Crippen LogP) is 1.34. The van der Waals surface area contributed by atoms with Crippen LogP contribution in [0, 0.1) is 11.8 Å². The molecule has 1 saturated carbocycles. The molecule has 1 heterocycles. The average molecular weight is 290 g/mol. The molecule has 3 rings (SSSR count). The lowest BCUT2D eigenvalue weighted by molar-refractivity contribution is -0.117. The van der Waals surface area contributed by atoms with Gasteiger partial charge in [-0.05, 0) is 43.0 Å². The van der Waals surface area contributed by atoms with Crippen molar-refractivity contribution in [3.8, 4) is 5.75 Å². The molecule has 0 radical (unpaired) electrons. The van der Waals surface area contributed by atoms with Crippen LogP contribution in [0.25, 0.3) is 0 Å². The molecule has 3 atom stereocenters. The largest absolute Gasteiger partial charge is 0.497 e. The van der Waals surface area contributed by atoms with Crippen molar-refractivity contribution >= 4 is 11.6 Å². The highest BCUT2D eigenvalue weighted by Gasteiger charge is 2.41. The number of carbonyl (C=O) groups is 1. The van der Waals surface area contributed by atoms with E-state index in [2.05, 4.69) is 10.2 Å². The van der Waals surface area contributed by atoms with E-state index < -0.39 is 0 Å². The highest BCUT2D eigenvalue weighted by Crippen LogP contribution is 2.37. The molecule has 0 aromatic heterocycles. The third-order valence-electron chi connectivity index (χ3n) is 4.64. The quantitative estimate of drug-likeness (QED) is 0.878. The number of anilines is 1. The van der Waals surface area contributed by atoms with Crippen molar-refractivity contribution in [3.05, 3.63) is 24.3 Å². The van der Waals surface area contributed by atoms with Crippen LogP contribution < -0.4 is 10.1 Å². The highest BCUT2D eigenvalue weighted by molar-refractivity contribution is 5.92. The van der Waals surface area contributed by atoms with Gasteiger partial charge in [0.1, 0.15) is 5.75 Å². The van der Waals surface area contributed by atoms with Gasteiger partial charge in [-0.25, -0.2) is 0 Å². The lowest BCUT2D eigenvalue weighted by Crippen LogP contribution is -2.33. The van der Waals surface area contributed by atoms with Gasteiger partial charge in [0.2, 0.25) is 5.91 Å². The fourth-order valence-electron chi connectivity index (χ4n) is 3.54. The zero-order valence-corrected chi connectivity index (χ0v) is 12.3. The maximum Gasteiger partial charge on any atom is 0.238 e. The Morgan fingerprint density at radius 3 is 2.76 bits per heavy atom. The Labute approximate surface area is 124 Å². The number of nitrogens with zero attached hydrogens (tertiary/aromatic N) is 1. The minimum atomic E-state index is -0.176. The summed E-state index contributed by atoms with van der Waals surface area (Å²) < 4.78 is 5.09. The summed E-state index contributed by atoms with van der Waals surface area (Å²) in [6, 6.07) is 7.32. The molecule has 2 N–H and O–H groups in total. The van der Waals surface area contributed by atoms with E-state index in [1.54, 1.807) is 7.11 Å². The Balaban J connectivity index is 1.50. The molecule has 1 aliphatic carbocycles. The molecule has 1 aromatic carbocycles. The molecule has 1 saturated heterocycles. The van der Waals surface area contributed by atoms with Gasteiger partial charge in [-0.2, -0.15) is 0 Å². The van der Waals surface area contributed by atoms with Crippen LogP contribution in [0.15, 0.2) is 24.3 Å². The second-order valence-electron chi connectivity index (χ2n) is 6.04. The molecule has 3 unspecified atom stereocenters. The van der Waals surface area contributed by atoms with E-state index in [9.17, 15) is 9.90 Å². The first kappa shape index (κ1) is 14.4. The first-order valence-corrected chi connectivity index (χ1v) is 7.50. The van der Waals surface area contributed by atoms with Crippen molar-refractivity contribution in [2.45, 2.75) is 18.9 Å².